The van der Waals surface area contributed by atoms with Crippen LogP contribution in [0.15, 0.2) is 0 Å². The van der Waals surface area contributed by atoms with Crippen molar-refractivity contribution >= 4 is 11.9 Å². The Morgan fingerprint density at radius 1 is 1.28 bits per heavy atom. The molecule has 0 aromatic carbocycles. The van der Waals surface area contributed by atoms with E-state index in [4.69, 9.17) is 5.11 Å². The molecular weight excluding hydrogens is 232 g/mol. The number of rotatable bonds is 3. The van der Waals surface area contributed by atoms with Gasteiger partial charge in [-0.15, -0.1) is 0 Å². The summed E-state index contributed by atoms with van der Waals surface area (Å²) in [6, 6.07) is 0. The summed E-state index contributed by atoms with van der Waals surface area (Å²) in [4.78, 5) is 24.9. The Bertz CT molecular complexity index is 324. The third-order valence-electron chi connectivity index (χ3n) is 4.22. The average Bonchev–Trinajstić information content (AvgIpc) is 2.75. The molecule has 2 aliphatic rings. The van der Waals surface area contributed by atoms with Crippen molar-refractivity contribution in [1.29, 1.82) is 0 Å². The van der Waals surface area contributed by atoms with Crippen LogP contribution in [-0.2, 0) is 9.59 Å². The van der Waals surface area contributed by atoms with Gasteiger partial charge < -0.3 is 15.3 Å². The Kier molecular flexibility index (Phi) is 4.22. The van der Waals surface area contributed by atoms with Crippen LogP contribution in [0.5, 0.6) is 0 Å². The first-order chi connectivity index (χ1) is 8.58. The van der Waals surface area contributed by atoms with E-state index >= 15 is 0 Å². The summed E-state index contributed by atoms with van der Waals surface area (Å²) in [5.41, 5.74) is 0. The molecule has 0 aromatic heterocycles. The Morgan fingerprint density at radius 3 is 2.44 bits per heavy atom. The topological polar surface area (TPSA) is 69.6 Å². The van der Waals surface area contributed by atoms with Crippen LogP contribution in [0.25, 0.3) is 0 Å². The summed E-state index contributed by atoms with van der Waals surface area (Å²) < 4.78 is 0. The van der Waals surface area contributed by atoms with Crippen LogP contribution >= 0.6 is 0 Å². The lowest BCUT2D eigenvalue weighted by molar-refractivity contribution is -0.139. The number of nitrogens with one attached hydrogen (secondary N) is 1. The summed E-state index contributed by atoms with van der Waals surface area (Å²) in [6.07, 6.45) is 1.89. The first kappa shape index (κ1) is 13.3. The quantitative estimate of drug-likeness (QED) is 0.772. The monoisotopic (exact) mass is 254 g/mol. The zero-order chi connectivity index (χ0) is 13.1. The van der Waals surface area contributed by atoms with Crippen LogP contribution in [-0.4, -0.2) is 48.1 Å². The van der Waals surface area contributed by atoms with E-state index in [2.05, 4.69) is 12.2 Å². The van der Waals surface area contributed by atoms with Crippen molar-refractivity contribution in [3.05, 3.63) is 0 Å². The van der Waals surface area contributed by atoms with E-state index in [1.165, 1.54) is 0 Å². The van der Waals surface area contributed by atoms with Crippen molar-refractivity contribution in [3.63, 3.8) is 0 Å². The largest absolute Gasteiger partial charge is 0.481 e. The molecule has 2 saturated heterocycles. The fourth-order valence-electron chi connectivity index (χ4n) is 2.98. The summed E-state index contributed by atoms with van der Waals surface area (Å²) in [5, 5.41) is 12.0. The Balaban J connectivity index is 1.82. The predicted octanol–water partition coefficient (Wildman–Crippen LogP) is 0.555. The molecule has 0 spiro atoms. The molecule has 0 aliphatic carbocycles. The third kappa shape index (κ3) is 3.02. The van der Waals surface area contributed by atoms with Crippen LogP contribution in [0.4, 0.5) is 0 Å². The lowest BCUT2D eigenvalue weighted by atomic mass is 9.91. The fraction of sp³-hybridized carbons (Fsp3) is 0.846. The molecule has 5 nitrogen and oxygen atoms in total. The van der Waals surface area contributed by atoms with Gasteiger partial charge in [0.15, 0.2) is 0 Å². The molecule has 102 valence electrons. The van der Waals surface area contributed by atoms with Crippen LogP contribution in [0.2, 0.25) is 0 Å². The maximum Gasteiger partial charge on any atom is 0.303 e. The van der Waals surface area contributed by atoms with Gasteiger partial charge in [0.1, 0.15) is 0 Å². The summed E-state index contributed by atoms with van der Waals surface area (Å²) in [7, 11) is 0. The number of carbonyl (C=O) groups is 2. The lowest BCUT2D eigenvalue weighted by Crippen LogP contribution is -2.43. The molecule has 0 unspecified atom stereocenters. The minimum Gasteiger partial charge on any atom is -0.481 e. The smallest absolute Gasteiger partial charge is 0.303 e. The highest BCUT2D eigenvalue weighted by Crippen LogP contribution is 2.24. The van der Waals surface area contributed by atoms with E-state index < -0.39 is 5.97 Å². The van der Waals surface area contributed by atoms with Gasteiger partial charge in [0.2, 0.25) is 5.91 Å². The number of carboxylic acids is 1. The maximum absolute atomic E-state index is 12.3. The van der Waals surface area contributed by atoms with E-state index in [0.717, 1.165) is 39.0 Å². The van der Waals surface area contributed by atoms with Crippen LogP contribution in [0, 0.1) is 17.8 Å². The average molecular weight is 254 g/mol. The molecule has 2 fully saturated rings. The highest BCUT2D eigenvalue weighted by atomic mass is 16.4. The Hall–Kier alpha value is -1.10. The Labute approximate surface area is 108 Å². The molecule has 2 aliphatic heterocycles. The van der Waals surface area contributed by atoms with E-state index in [9.17, 15) is 9.59 Å². The van der Waals surface area contributed by atoms with Gasteiger partial charge >= 0.3 is 5.97 Å². The molecule has 2 N–H and O–H groups in total. The standard InChI is InChI=1S/C13H22N2O3/c1-9-7-14-8-11(9)13(18)15-4-2-10(3-5-15)6-12(16)17/h9-11,14H,2-8H2,1H3,(H,16,17)/t9-,11-/m1/s1. The minimum atomic E-state index is -0.728. The van der Waals surface area contributed by atoms with Gasteiger partial charge in [-0.1, -0.05) is 6.92 Å². The molecule has 2 rings (SSSR count). The summed E-state index contributed by atoms with van der Waals surface area (Å²) in [6.45, 7) is 5.26. The zero-order valence-electron chi connectivity index (χ0n) is 10.9. The van der Waals surface area contributed by atoms with Crippen LogP contribution in [0.3, 0.4) is 0 Å². The number of hydrogen-bond acceptors (Lipinski definition) is 3. The predicted molar refractivity (Wildman–Crippen MR) is 67.1 cm³/mol. The van der Waals surface area contributed by atoms with Gasteiger partial charge in [0.05, 0.1) is 5.92 Å². The first-order valence-corrected chi connectivity index (χ1v) is 6.79. The normalized spacial score (nSPS) is 29.5. The molecule has 18 heavy (non-hydrogen) atoms. The van der Waals surface area contributed by atoms with Crippen molar-refractivity contribution in [2.24, 2.45) is 17.8 Å². The van der Waals surface area contributed by atoms with E-state index in [-0.39, 0.29) is 24.2 Å². The maximum atomic E-state index is 12.3. The lowest BCUT2D eigenvalue weighted by Gasteiger charge is -2.33. The van der Waals surface area contributed by atoms with Gasteiger partial charge in [-0.05, 0) is 31.2 Å². The number of piperidine rings is 1. The molecule has 2 heterocycles. The molecule has 0 aromatic rings. The minimum absolute atomic E-state index is 0.112. The van der Waals surface area contributed by atoms with Gasteiger partial charge in [0, 0.05) is 26.1 Å². The second-order valence-corrected chi connectivity index (χ2v) is 5.61. The molecular formula is C13H22N2O3. The van der Waals surface area contributed by atoms with E-state index in [0.29, 0.717) is 5.92 Å². The number of hydrogen-bond donors (Lipinski definition) is 2. The SMILES string of the molecule is C[C@@H]1CNC[C@H]1C(=O)N1CCC(CC(=O)O)CC1. The molecule has 0 saturated carbocycles. The molecule has 0 radical (unpaired) electrons. The van der Waals surface area contributed by atoms with Crippen molar-refractivity contribution in [2.45, 2.75) is 26.2 Å². The second-order valence-electron chi connectivity index (χ2n) is 5.61. The van der Waals surface area contributed by atoms with Crippen molar-refractivity contribution < 1.29 is 14.7 Å². The molecule has 0 bridgehead atoms. The number of nitrogens with zero attached hydrogens (tertiary/aromatic N) is 1. The van der Waals surface area contributed by atoms with Gasteiger partial charge in [-0.3, -0.25) is 9.59 Å². The number of carboxylic acid groups (broad SMARTS) is 1. The van der Waals surface area contributed by atoms with E-state index in [1.54, 1.807) is 0 Å². The number of likely N-dealkylation sites (tertiary alicyclic amines) is 1. The molecule has 1 amide bonds. The van der Waals surface area contributed by atoms with Gasteiger partial charge in [0.25, 0.3) is 0 Å². The number of aliphatic carboxylic acids is 1. The van der Waals surface area contributed by atoms with Crippen molar-refractivity contribution in [2.75, 3.05) is 26.2 Å². The summed E-state index contributed by atoms with van der Waals surface area (Å²) in [5.74, 6) is 0.288. The number of carbonyl (C=O) groups excluding carboxylic acids is 1. The highest BCUT2D eigenvalue weighted by Gasteiger charge is 2.34. The van der Waals surface area contributed by atoms with Gasteiger partial charge in [-0.25, -0.2) is 0 Å². The Morgan fingerprint density at radius 2 is 1.94 bits per heavy atom. The summed E-state index contributed by atoms with van der Waals surface area (Å²) >= 11 is 0. The number of amides is 1. The highest BCUT2D eigenvalue weighted by molar-refractivity contribution is 5.80. The third-order valence-corrected chi connectivity index (χ3v) is 4.22. The fourth-order valence-corrected chi connectivity index (χ4v) is 2.98. The van der Waals surface area contributed by atoms with Crippen molar-refractivity contribution in [1.82, 2.24) is 10.2 Å². The van der Waals surface area contributed by atoms with E-state index in [1.807, 2.05) is 4.90 Å². The van der Waals surface area contributed by atoms with Crippen molar-refractivity contribution in [3.8, 4) is 0 Å². The van der Waals surface area contributed by atoms with Gasteiger partial charge in [-0.2, -0.15) is 0 Å². The molecule has 2 atom stereocenters. The zero-order valence-corrected chi connectivity index (χ0v) is 10.9. The van der Waals surface area contributed by atoms with Crippen LogP contribution < -0.4 is 5.32 Å². The second kappa shape index (κ2) is 5.69. The van der Waals surface area contributed by atoms with Crippen LogP contribution in [0.1, 0.15) is 26.2 Å². The first-order valence-electron chi connectivity index (χ1n) is 6.79. The molecule has 5 heteroatoms.